The molecule has 0 saturated heterocycles. The number of aromatic nitrogens is 2. The van der Waals surface area contributed by atoms with Crippen molar-refractivity contribution in [3.05, 3.63) is 18.2 Å². The van der Waals surface area contributed by atoms with Gasteiger partial charge in [-0.3, -0.25) is 4.79 Å². The highest BCUT2D eigenvalue weighted by molar-refractivity contribution is 5.81. The number of methoxy groups -OCH3 is 1. The number of aromatic amines is 1. The SMILES string of the molecule is COCCNC(=O)[C@@H](N)Cc1c[nH]cn1. The second-order valence-corrected chi connectivity index (χ2v) is 3.15. The molecule has 6 heteroatoms. The van der Waals surface area contributed by atoms with Crippen LogP contribution in [0.4, 0.5) is 0 Å². The predicted molar refractivity (Wildman–Crippen MR) is 55.2 cm³/mol. The number of amides is 1. The van der Waals surface area contributed by atoms with E-state index in [0.29, 0.717) is 19.6 Å². The van der Waals surface area contributed by atoms with Crippen LogP contribution < -0.4 is 11.1 Å². The molecule has 84 valence electrons. The van der Waals surface area contributed by atoms with Gasteiger partial charge in [0.2, 0.25) is 5.91 Å². The molecular formula is C9H16N4O2. The summed E-state index contributed by atoms with van der Waals surface area (Å²) < 4.78 is 4.80. The maximum absolute atomic E-state index is 11.4. The van der Waals surface area contributed by atoms with Crippen LogP contribution in [0, 0.1) is 0 Å². The molecule has 0 aromatic carbocycles. The Morgan fingerprint density at radius 2 is 2.60 bits per heavy atom. The molecule has 6 nitrogen and oxygen atoms in total. The third kappa shape index (κ3) is 4.09. The van der Waals surface area contributed by atoms with E-state index in [9.17, 15) is 4.79 Å². The van der Waals surface area contributed by atoms with Gasteiger partial charge in [-0.2, -0.15) is 0 Å². The van der Waals surface area contributed by atoms with E-state index >= 15 is 0 Å². The Kier molecular flexibility index (Phi) is 4.79. The zero-order valence-corrected chi connectivity index (χ0v) is 8.69. The van der Waals surface area contributed by atoms with Gasteiger partial charge in [-0.1, -0.05) is 0 Å². The van der Waals surface area contributed by atoms with Crippen molar-refractivity contribution in [2.45, 2.75) is 12.5 Å². The normalized spacial score (nSPS) is 12.4. The van der Waals surface area contributed by atoms with Crippen LogP contribution in [0.3, 0.4) is 0 Å². The monoisotopic (exact) mass is 212 g/mol. The van der Waals surface area contributed by atoms with E-state index in [1.165, 1.54) is 0 Å². The third-order valence-corrected chi connectivity index (χ3v) is 1.93. The molecule has 0 radical (unpaired) electrons. The number of rotatable bonds is 6. The number of nitrogens with zero attached hydrogens (tertiary/aromatic N) is 1. The zero-order chi connectivity index (χ0) is 11.1. The van der Waals surface area contributed by atoms with E-state index in [1.807, 2.05) is 0 Å². The quantitative estimate of drug-likeness (QED) is 0.530. The molecule has 0 saturated carbocycles. The largest absolute Gasteiger partial charge is 0.383 e. The Bertz CT molecular complexity index is 286. The summed E-state index contributed by atoms with van der Waals surface area (Å²) in [6.45, 7) is 0.963. The lowest BCUT2D eigenvalue weighted by molar-refractivity contribution is -0.122. The summed E-state index contributed by atoms with van der Waals surface area (Å²) in [5.74, 6) is -0.185. The highest BCUT2D eigenvalue weighted by Gasteiger charge is 2.13. The van der Waals surface area contributed by atoms with Crippen molar-refractivity contribution in [3.8, 4) is 0 Å². The van der Waals surface area contributed by atoms with Crippen molar-refractivity contribution in [3.63, 3.8) is 0 Å². The van der Waals surface area contributed by atoms with Crippen molar-refractivity contribution in [1.82, 2.24) is 15.3 Å². The smallest absolute Gasteiger partial charge is 0.237 e. The van der Waals surface area contributed by atoms with E-state index in [2.05, 4.69) is 15.3 Å². The average Bonchev–Trinajstić information content (AvgIpc) is 2.70. The molecule has 15 heavy (non-hydrogen) atoms. The van der Waals surface area contributed by atoms with Crippen LogP contribution in [0.5, 0.6) is 0 Å². The van der Waals surface area contributed by atoms with Crippen LogP contribution in [0.1, 0.15) is 5.69 Å². The molecular weight excluding hydrogens is 196 g/mol. The molecule has 0 aliphatic carbocycles. The van der Waals surface area contributed by atoms with E-state index in [-0.39, 0.29) is 5.91 Å². The second kappa shape index (κ2) is 6.15. The molecule has 1 amide bonds. The van der Waals surface area contributed by atoms with Crippen LogP contribution in [0.15, 0.2) is 12.5 Å². The Balaban J connectivity index is 2.27. The van der Waals surface area contributed by atoms with Gasteiger partial charge in [0, 0.05) is 26.3 Å². The number of hydrogen-bond acceptors (Lipinski definition) is 4. The molecule has 1 aromatic heterocycles. The molecule has 0 aliphatic heterocycles. The Morgan fingerprint density at radius 3 is 3.20 bits per heavy atom. The number of nitrogens with two attached hydrogens (primary N) is 1. The van der Waals surface area contributed by atoms with Crippen molar-refractivity contribution in [1.29, 1.82) is 0 Å². The van der Waals surface area contributed by atoms with Crippen molar-refractivity contribution in [2.24, 2.45) is 5.73 Å². The zero-order valence-electron chi connectivity index (χ0n) is 8.69. The maximum Gasteiger partial charge on any atom is 0.237 e. The fourth-order valence-corrected chi connectivity index (χ4v) is 1.13. The van der Waals surface area contributed by atoms with Crippen molar-refractivity contribution in [2.75, 3.05) is 20.3 Å². The number of H-pyrrole nitrogens is 1. The molecule has 4 N–H and O–H groups in total. The van der Waals surface area contributed by atoms with Crippen LogP contribution in [-0.2, 0) is 16.0 Å². The lowest BCUT2D eigenvalue weighted by Gasteiger charge is -2.10. The van der Waals surface area contributed by atoms with E-state index in [1.54, 1.807) is 19.6 Å². The number of carbonyl (C=O) groups excluding carboxylic acids is 1. The van der Waals surface area contributed by atoms with Gasteiger partial charge in [0.15, 0.2) is 0 Å². The average molecular weight is 212 g/mol. The van der Waals surface area contributed by atoms with E-state index < -0.39 is 6.04 Å². The van der Waals surface area contributed by atoms with Gasteiger partial charge in [0.1, 0.15) is 0 Å². The lowest BCUT2D eigenvalue weighted by atomic mass is 10.1. The molecule has 1 heterocycles. The minimum absolute atomic E-state index is 0.185. The van der Waals surface area contributed by atoms with Gasteiger partial charge in [-0.25, -0.2) is 4.98 Å². The van der Waals surface area contributed by atoms with Crippen LogP contribution in [0.2, 0.25) is 0 Å². The van der Waals surface area contributed by atoms with Crippen LogP contribution >= 0.6 is 0 Å². The van der Waals surface area contributed by atoms with Gasteiger partial charge < -0.3 is 20.8 Å². The van der Waals surface area contributed by atoms with Gasteiger partial charge >= 0.3 is 0 Å². The minimum atomic E-state index is -0.565. The Morgan fingerprint density at radius 1 is 1.80 bits per heavy atom. The summed E-state index contributed by atoms with van der Waals surface area (Å²) in [6.07, 6.45) is 3.72. The van der Waals surface area contributed by atoms with Crippen molar-refractivity contribution >= 4 is 5.91 Å². The second-order valence-electron chi connectivity index (χ2n) is 3.15. The number of ether oxygens (including phenoxy) is 1. The molecule has 1 atom stereocenters. The highest BCUT2D eigenvalue weighted by Crippen LogP contribution is 1.95. The maximum atomic E-state index is 11.4. The van der Waals surface area contributed by atoms with Gasteiger partial charge in [-0.05, 0) is 0 Å². The minimum Gasteiger partial charge on any atom is -0.383 e. The summed E-state index contributed by atoms with van der Waals surface area (Å²) in [5, 5.41) is 2.67. The number of imidazole rings is 1. The summed E-state index contributed by atoms with van der Waals surface area (Å²) in [4.78, 5) is 18.2. The lowest BCUT2D eigenvalue weighted by Crippen LogP contribution is -2.43. The van der Waals surface area contributed by atoms with Gasteiger partial charge in [0.05, 0.1) is 24.7 Å². The van der Waals surface area contributed by atoms with Crippen LogP contribution in [0.25, 0.3) is 0 Å². The summed E-state index contributed by atoms with van der Waals surface area (Å²) in [5.41, 5.74) is 6.47. The number of carbonyl (C=O) groups is 1. The molecule has 1 aromatic rings. The molecule has 0 spiro atoms. The van der Waals surface area contributed by atoms with Gasteiger partial charge in [0.25, 0.3) is 0 Å². The first-order chi connectivity index (χ1) is 7.24. The fraction of sp³-hybridized carbons (Fsp3) is 0.556. The molecule has 0 bridgehead atoms. The predicted octanol–water partition coefficient (Wildman–Crippen LogP) is -0.958. The number of nitrogens with one attached hydrogen (secondary N) is 2. The van der Waals surface area contributed by atoms with E-state index in [0.717, 1.165) is 5.69 Å². The third-order valence-electron chi connectivity index (χ3n) is 1.93. The summed E-state index contributed by atoms with van der Waals surface area (Å²) in [7, 11) is 1.58. The molecule has 1 rings (SSSR count). The standard InChI is InChI=1S/C9H16N4O2/c1-15-3-2-12-9(14)8(10)4-7-5-11-6-13-7/h5-6,8H,2-4,10H2,1H3,(H,11,13)(H,12,14)/t8-/m0/s1. The van der Waals surface area contributed by atoms with Crippen molar-refractivity contribution < 1.29 is 9.53 Å². The van der Waals surface area contributed by atoms with Crippen LogP contribution in [-0.4, -0.2) is 42.2 Å². The number of hydrogen-bond donors (Lipinski definition) is 3. The first-order valence-electron chi connectivity index (χ1n) is 4.74. The fourth-order valence-electron chi connectivity index (χ4n) is 1.13. The Hall–Kier alpha value is -1.40. The molecule has 0 aliphatic rings. The first-order valence-corrected chi connectivity index (χ1v) is 4.74. The topological polar surface area (TPSA) is 93.0 Å². The molecule has 0 unspecified atom stereocenters. The summed E-state index contributed by atoms with van der Waals surface area (Å²) >= 11 is 0. The van der Waals surface area contributed by atoms with Gasteiger partial charge in [-0.15, -0.1) is 0 Å². The Labute approximate surface area is 88.2 Å². The van der Waals surface area contributed by atoms with E-state index in [4.69, 9.17) is 10.5 Å². The first kappa shape index (κ1) is 11.7. The highest BCUT2D eigenvalue weighted by atomic mass is 16.5. The molecule has 0 fully saturated rings. The summed E-state index contributed by atoms with van der Waals surface area (Å²) in [6, 6.07) is -0.565.